The van der Waals surface area contributed by atoms with E-state index >= 15 is 0 Å². The predicted octanol–water partition coefficient (Wildman–Crippen LogP) is 4.51. The van der Waals surface area contributed by atoms with Crippen LogP contribution in [0.5, 0.6) is 0 Å². The van der Waals surface area contributed by atoms with Crippen LogP contribution in [-0.2, 0) is 4.74 Å². The highest BCUT2D eigenvalue weighted by molar-refractivity contribution is 5.96. The summed E-state index contributed by atoms with van der Waals surface area (Å²) in [6.45, 7) is 2.26. The minimum absolute atomic E-state index is 0.0270. The third-order valence-electron chi connectivity index (χ3n) is 6.15. The largest absolute Gasteiger partial charge is 0.381 e. The molecule has 2 aromatic rings. The summed E-state index contributed by atoms with van der Waals surface area (Å²) in [6.07, 6.45) is 8.34. The van der Waals surface area contributed by atoms with Gasteiger partial charge in [0.1, 0.15) is 5.82 Å². The van der Waals surface area contributed by atoms with Crippen LogP contribution >= 0.6 is 0 Å². The molecule has 6 heteroatoms. The second kappa shape index (κ2) is 9.73. The van der Waals surface area contributed by atoms with Gasteiger partial charge < -0.3 is 15.4 Å². The van der Waals surface area contributed by atoms with Crippen molar-refractivity contribution < 1.29 is 9.53 Å². The number of amides is 1. The van der Waals surface area contributed by atoms with E-state index in [1.54, 1.807) is 18.3 Å². The molecule has 0 atom stereocenters. The van der Waals surface area contributed by atoms with Gasteiger partial charge in [-0.3, -0.25) is 4.79 Å². The number of hydrogen-bond acceptors (Lipinski definition) is 5. The molecule has 0 unspecified atom stereocenters. The SMILES string of the molecule is N#Cc1ccc(Nc2cc(C3CCCC3)c(C(=O)NCC3CCOCC3)cn2)cc1. The van der Waals surface area contributed by atoms with Crippen molar-refractivity contribution >= 4 is 17.4 Å². The molecule has 2 fully saturated rings. The molecular formula is C24H28N4O2. The van der Waals surface area contributed by atoms with Crippen LogP contribution in [0.3, 0.4) is 0 Å². The number of rotatable bonds is 6. The number of anilines is 2. The fourth-order valence-corrected chi connectivity index (χ4v) is 4.36. The fraction of sp³-hybridized carbons (Fsp3) is 0.458. The Balaban J connectivity index is 1.50. The van der Waals surface area contributed by atoms with Crippen molar-refractivity contribution in [2.75, 3.05) is 25.1 Å². The van der Waals surface area contributed by atoms with Gasteiger partial charge in [0.25, 0.3) is 5.91 Å². The molecule has 0 spiro atoms. The van der Waals surface area contributed by atoms with Crippen molar-refractivity contribution in [2.45, 2.75) is 44.4 Å². The van der Waals surface area contributed by atoms with Crippen LogP contribution in [0.1, 0.15) is 65.9 Å². The van der Waals surface area contributed by atoms with Gasteiger partial charge in [-0.05, 0) is 73.4 Å². The average molecular weight is 405 g/mol. The van der Waals surface area contributed by atoms with E-state index in [0.717, 1.165) is 56.0 Å². The van der Waals surface area contributed by atoms with Crippen molar-refractivity contribution in [2.24, 2.45) is 5.92 Å². The van der Waals surface area contributed by atoms with Gasteiger partial charge in [0.15, 0.2) is 0 Å². The molecule has 2 aliphatic rings. The number of nitrogens with one attached hydrogen (secondary N) is 2. The molecule has 1 aliphatic carbocycles. The molecular weight excluding hydrogens is 376 g/mol. The number of ether oxygens (including phenoxy) is 1. The third kappa shape index (κ3) is 4.98. The molecule has 156 valence electrons. The lowest BCUT2D eigenvalue weighted by atomic mass is 9.93. The lowest BCUT2D eigenvalue weighted by Crippen LogP contribution is -2.33. The van der Waals surface area contributed by atoms with Crippen LogP contribution in [0.15, 0.2) is 36.5 Å². The summed E-state index contributed by atoms with van der Waals surface area (Å²) < 4.78 is 5.41. The fourth-order valence-electron chi connectivity index (χ4n) is 4.36. The van der Waals surface area contributed by atoms with Crippen LogP contribution in [-0.4, -0.2) is 30.6 Å². The molecule has 2 N–H and O–H groups in total. The number of hydrogen-bond donors (Lipinski definition) is 2. The third-order valence-corrected chi connectivity index (χ3v) is 6.15. The number of nitriles is 1. The first-order valence-corrected chi connectivity index (χ1v) is 10.9. The Morgan fingerprint density at radius 3 is 2.57 bits per heavy atom. The summed E-state index contributed by atoms with van der Waals surface area (Å²) in [5, 5.41) is 15.4. The maximum atomic E-state index is 13.0. The Bertz CT molecular complexity index is 908. The smallest absolute Gasteiger partial charge is 0.253 e. The maximum Gasteiger partial charge on any atom is 0.253 e. The minimum atomic E-state index is -0.0270. The van der Waals surface area contributed by atoms with Crippen LogP contribution in [0.2, 0.25) is 0 Å². The summed E-state index contributed by atoms with van der Waals surface area (Å²) in [4.78, 5) is 17.5. The Kier molecular flexibility index (Phi) is 6.60. The lowest BCUT2D eigenvalue weighted by molar-refractivity contribution is 0.0642. The van der Waals surface area contributed by atoms with Crippen molar-refractivity contribution in [3.63, 3.8) is 0 Å². The second-order valence-electron chi connectivity index (χ2n) is 8.22. The first-order valence-electron chi connectivity index (χ1n) is 10.9. The van der Waals surface area contributed by atoms with Crippen LogP contribution < -0.4 is 10.6 Å². The van der Waals surface area contributed by atoms with E-state index < -0.39 is 0 Å². The van der Waals surface area contributed by atoms with E-state index in [1.165, 1.54) is 12.8 Å². The van der Waals surface area contributed by atoms with Gasteiger partial charge >= 0.3 is 0 Å². The van der Waals surface area contributed by atoms with Crippen LogP contribution in [0.4, 0.5) is 11.5 Å². The number of nitrogens with zero attached hydrogens (tertiary/aromatic N) is 2. The highest BCUT2D eigenvalue weighted by atomic mass is 16.5. The van der Waals surface area contributed by atoms with E-state index in [2.05, 4.69) is 21.7 Å². The molecule has 1 amide bonds. The summed E-state index contributed by atoms with van der Waals surface area (Å²) in [5.41, 5.74) is 3.27. The topological polar surface area (TPSA) is 87.0 Å². The Morgan fingerprint density at radius 1 is 1.13 bits per heavy atom. The van der Waals surface area contributed by atoms with E-state index in [0.29, 0.717) is 29.5 Å². The normalized spacial score (nSPS) is 17.4. The van der Waals surface area contributed by atoms with Crippen molar-refractivity contribution in [1.82, 2.24) is 10.3 Å². The molecule has 1 aliphatic heterocycles. The lowest BCUT2D eigenvalue weighted by Gasteiger charge is -2.23. The van der Waals surface area contributed by atoms with Gasteiger partial charge in [-0.15, -0.1) is 0 Å². The molecule has 2 heterocycles. The summed E-state index contributed by atoms with van der Waals surface area (Å²) in [5.74, 6) is 1.59. The molecule has 1 saturated heterocycles. The first-order chi connectivity index (χ1) is 14.7. The zero-order chi connectivity index (χ0) is 20.8. The van der Waals surface area contributed by atoms with Crippen molar-refractivity contribution in [3.05, 3.63) is 53.2 Å². The van der Waals surface area contributed by atoms with Crippen molar-refractivity contribution in [3.8, 4) is 6.07 Å². The van der Waals surface area contributed by atoms with Crippen LogP contribution in [0, 0.1) is 17.2 Å². The van der Waals surface area contributed by atoms with E-state index in [4.69, 9.17) is 10.00 Å². The Morgan fingerprint density at radius 2 is 1.87 bits per heavy atom. The van der Waals surface area contributed by atoms with E-state index in [-0.39, 0.29) is 5.91 Å². The summed E-state index contributed by atoms with van der Waals surface area (Å²) in [6, 6.07) is 11.4. The van der Waals surface area contributed by atoms with Gasteiger partial charge in [0, 0.05) is 31.6 Å². The molecule has 30 heavy (non-hydrogen) atoms. The highest BCUT2D eigenvalue weighted by Gasteiger charge is 2.24. The monoisotopic (exact) mass is 404 g/mol. The number of aromatic nitrogens is 1. The summed E-state index contributed by atoms with van der Waals surface area (Å²) in [7, 11) is 0. The average Bonchev–Trinajstić information content (AvgIpc) is 3.33. The number of carbonyl (C=O) groups excluding carboxylic acids is 1. The Labute approximate surface area is 177 Å². The minimum Gasteiger partial charge on any atom is -0.381 e. The molecule has 1 aromatic carbocycles. The zero-order valence-electron chi connectivity index (χ0n) is 17.2. The second-order valence-corrected chi connectivity index (χ2v) is 8.22. The van der Waals surface area contributed by atoms with Gasteiger partial charge in [-0.1, -0.05) is 12.8 Å². The van der Waals surface area contributed by atoms with Gasteiger partial charge in [-0.2, -0.15) is 5.26 Å². The van der Waals surface area contributed by atoms with Gasteiger partial charge in [0.2, 0.25) is 0 Å². The van der Waals surface area contributed by atoms with Crippen molar-refractivity contribution in [1.29, 1.82) is 5.26 Å². The van der Waals surface area contributed by atoms with Crippen LogP contribution in [0.25, 0.3) is 0 Å². The number of pyridine rings is 1. The molecule has 6 nitrogen and oxygen atoms in total. The predicted molar refractivity (Wildman–Crippen MR) is 116 cm³/mol. The molecule has 4 rings (SSSR count). The van der Waals surface area contributed by atoms with E-state index in [1.807, 2.05) is 18.2 Å². The maximum absolute atomic E-state index is 13.0. The van der Waals surface area contributed by atoms with E-state index in [9.17, 15) is 4.79 Å². The molecule has 1 saturated carbocycles. The standard InChI is InChI=1S/C24H28N4O2/c25-14-17-5-7-20(8-6-17)28-23-13-21(19-3-1-2-4-19)22(16-26-23)24(29)27-15-18-9-11-30-12-10-18/h5-8,13,16,18-19H,1-4,9-12,15H2,(H,26,28)(H,27,29). The first kappa shape index (κ1) is 20.4. The zero-order valence-corrected chi connectivity index (χ0v) is 17.2. The Hall–Kier alpha value is -2.91. The summed E-state index contributed by atoms with van der Waals surface area (Å²) >= 11 is 0. The molecule has 1 aromatic heterocycles. The molecule has 0 bridgehead atoms. The number of benzene rings is 1. The van der Waals surface area contributed by atoms with Gasteiger partial charge in [0.05, 0.1) is 17.2 Å². The molecule has 0 radical (unpaired) electrons. The quantitative estimate of drug-likeness (QED) is 0.740. The number of carbonyl (C=O) groups is 1. The van der Waals surface area contributed by atoms with Gasteiger partial charge in [-0.25, -0.2) is 4.98 Å². The highest BCUT2D eigenvalue weighted by Crippen LogP contribution is 2.37.